The van der Waals surface area contributed by atoms with Crippen molar-refractivity contribution in [1.82, 2.24) is 15.2 Å². The number of hydrogen-bond acceptors (Lipinski definition) is 4. The minimum Gasteiger partial charge on any atom is -0.311 e. The lowest BCUT2D eigenvalue weighted by Gasteiger charge is -2.16. The maximum atomic E-state index is 12.4. The zero-order valence-corrected chi connectivity index (χ0v) is 12.8. The molecule has 1 N–H and O–H groups in total. The Hall–Kier alpha value is -1.82. The molecule has 0 aliphatic carbocycles. The summed E-state index contributed by atoms with van der Waals surface area (Å²) in [4.78, 5) is 18.6. The van der Waals surface area contributed by atoms with Gasteiger partial charge in [0, 0.05) is 18.7 Å². The van der Waals surface area contributed by atoms with Crippen LogP contribution in [0.2, 0.25) is 0 Å². The van der Waals surface area contributed by atoms with Crippen molar-refractivity contribution >= 4 is 23.4 Å². The molecule has 110 valence electrons. The number of aromatic nitrogens is 3. The van der Waals surface area contributed by atoms with E-state index in [0.29, 0.717) is 10.9 Å². The molecule has 0 radical (unpaired) electrons. The van der Waals surface area contributed by atoms with Crippen molar-refractivity contribution in [2.24, 2.45) is 0 Å². The fourth-order valence-electron chi connectivity index (χ4n) is 2.49. The maximum absolute atomic E-state index is 12.4. The van der Waals surface area contributed by atoms with Crippen molar-refractivity contribution in [3.8, 4) is 0 Å². The molecule has 5 nitrogen and oxygen atoms in total. The van der Waals surface area contributed by atoms with Gasteiger partial charge >= 0.3 is 0 Å². The van der Waals surface area contributed by atoms with Gasteiger partial charge in [0.15, 0.2) is 0 Å². The second kappa shape index (κ2) is 6.30. The maximum Gasteiger partial charge on any atom is 0.237 e. The number of carbonyl (C=O) groups is 1. The van der Waals surface area contributed by atoms with Crippen LogP contribution in [0.15, 0.2) is 29.4 Å². The number of fused-ring (bicyclic) bond motifs is 1. The predicted molar refractivity (Wildman–Crippen MR) is 83.6 cm³/mol. The molecule has 1 aromatic carbocycles. The van der Waals surface area contributed by atoms with Crippen molar-refractivity contribution in [1.29, 1.82) is 0 Å². The third-order valence-corrected chi connectivity index (χ3v) is 4.34. The van der Waals surface area contributed by atoms with E-state index in [-0.39, 0.29) is 5.91 Å². The highest BCUT2D eigenvalue weighted by Crippen LogP contribution is 2.28. The Bertz CT molecular complexity index is 640. The summed E-state index contributed by atoms with van der Waals surface area (Å²) < 4.78 is 0. The fourth-order valence-corrected chi connectivity index (χ4v) is 3.19. The standard InChI is InChI=1S/C15H18N4OS/c1-2-5-13-16-15(18-17-13)21-10-14(20)19-9-8-11-6-3-4-7-12(11)19/h3-4,6-7H,2,5,8-10H2,1H3,(H,16,17,18). The molecule has 0 spiro atoms. The molecule has 0 fully saturated rings. The molecule has 1 amide bonds. The Morgan fingerprint density at radius 1 is 1.43 bits per heavy atom. The number of carbonyl (C=O) groups excluding carboxylic acids is 1. The lowest BCUT2D eigenvalue weighted by molar-refractivity contribution is -0.116. The number of anilines is 1. The van der Waals surface area contributed by atoms with Gasteiger partial charge in [-0.3, -0.25) is 9.89 Å². The number of hydrogen-bond donors (Lipinski definition) is 1. The molecule has 21 heavy (non-hydrogen) atoms. The summed E-state index contributed by atoms with van der Waals surface area (Å²) in [5, 5.41) is 7.69. The topological polar surface area (TPSA) is 61.9 Å². The smallest absolute Gasteiger partial charge is 0.237 e. The van der Waals surface area contributed by atoms with Gasteiger partial charge in [-0.05, 0) is 24.5 Å². The van der Waals surface area contributed by atoms with Crippen LogP contribution in [0.3, 0.4) is 0 Å². The van der Waals surface area contributed by atoms with E-state index in [0.717, 1.165) is 37.3 Å². The van der Waals surface area contributed by atoms with E-state index >= 15 is 0 Å². The average Bonchev–Trinajstić information content (AvgIpc) is 3.12. The monoisotopic (exact) mass is 302 g/mol. The van der Waals surface area contributed by atoms with E-state index in [1.807, 2.05) is 23.1 Å². The third-order valence-electron chi connectivity index (χ3n) is 3.51. The van der Waals surface area contributed by atoms with Gasteiger partial charge in [0.2, 0.25) is 11.1 Å². The SMILES string of the molecule is CCCc1nc(SCC(=O)N2CCc3ccccc32)n[nH]1. The number of para-hydroxylation sites is 1. The first-order valence-electron chi connectivity index (χ1n) is 7.20. The summed E-state index contributed by atoms with van der Waals surface area (Å²) in [7, 11) is 0. The second-order valence-corrected chi connectivity index (χ2v) is 5.97. The average molecular weight is 302 g/mol. The molecule has 2 aromatic rings. The van der Waals surface area contributed by atoms with Crippen LogP contribution in [0.5, 0.6) is 0 Å². The fraction of sp³-hybridized carbons (Fsp3) is 0.400. The van der Waals surface area contributed by atoms with Crippen LogP contribution in [0, 0.1) is 0 Å². The van der Waals surface area contributed by atoms with Crippen LogP contribution in [0.25, 0.3) is 0 Å². The number of thioether (sulfide) groups is 1. The third kappa shape index (κ3) is 3.10. The molecule has 2 heterocycles. The van der Waals surface area contributed by atoms with Crippen molar-refractivity contribution < 1.29 is 4.79 Å². The number of H-pyrrole nitrogens is 1. The summed E-state index contributed by atoms with van der Waals surface area (Å²) >= 11 is 1.39. The van der Waals surface area contributed by atoms with Crippen molar-refractivity contribution in [2.45, 2.75) is 31.3 Å². The number of nitrogens with zero attached hydrogens (tertiary/aromatic N) is 3. The van der Waals surface area contributed by atoms with Gasteiger partial charge in [0.25, 0.3) is 0 Å². The van der Waals surface area contributed by atoms with Crippen LogP contribution in [0.4, 0.5) is 5.69 Å². The lowest BCUT2D eigenvalue weighted by Crippen LogP contribution is -2.30. The summed E-state index contributed by atoms with van der Waals surface area (Å²) in [6, 6.07) is 8.09. The van der Waals surface area contributed by atoms with Crippen LogP contribution in [0.1, 0.15) is 24.7 Å². The first-order chi connectivity index (χ1) is 10.3. The molecule has 0 atom stereocenters. The van der Waals surface area contributed by atoms with E-state index in [1.54, 1.807) is 0 Å². The molecule has 0 unspecified atom stereocenters. The Labute approximate surface area is 128 Å². The number of aromatic amines is 1. The van der Waals surface area contributed by atoms with Gasteiger partial charge in [-0.15, -0.1) is 5.10 Å². The molecule has 1 aliphatic heterocycles. The molecule has 0 saturated carbocycles. The number of nitrogens with one attached hydrogen (secondary N) is 1. The summed E-state index contributed by atoms with van der Waals surface area (Å²) in [5.41, 5.74) is 2.30. The summed E-state index contributed by atoms with van der Waals surface area (Å²) in [5.74, 6) is 1.38. The van der Waals surface area contributed by atoms with Gasteiger partial charge in [0.05, 0.1) is 5.75 Å². The Morgan fingerprint density at radius 3 is 3.14 bits per heavy atom. The first kappa shape index (κ1) is 14.1. The highest BCUT2D eigenvalue weighted by Gasteiger charge is 2.24. The van der Waals surface area contributed by atoms with Crippen LogP contribution in [-0.2, 0) is 17.6 Å². The van der Waals surface area contributed by atoms with Gasteiger partial charge in [-0.25, -0.2) is 4.98 Å². The minimum absolute atomic E-state index is 0.117. The van der Waals surface area contributed by atoms with Crippen LogP contribution in [-0.4, -0.2) is 33.4 Å². The predicted octanol–water partition coefficient (Wildman–Crippen LogP) is 2.44. The van der Waals surface area contributed by atoms with Gasteiger partial charge in [-0.2, -0.15) is 0 Å². The quantitative estimate of drug-likeness (QED) is 0.862. The normalized spacial score (nSPS) is 13.5. The zero-order chi connectivity index (χ0) is 14.7. The first-order valence-corrected chi connectivity index (χ1v) is 8.19. The minimum atomic E-state index is 0.117. The zero-order valence-electron chi connectivity index (χ0n) is 12.0. The van der Waals surface area contributed by atoms with Gasteiger partial charge in [-0.1, -0.05) is 36.9 Å². The number of rotatable bonds is 5. The number of benzene rings is 1. The van der Waals surface area contributed by atoms with Gasteiger partial charge < -0.3 is 4.90 Å². The van der Waals surface area contributed by atoms with Crippen LogP contribution < -0.4 is 4.90 Å². The van der Waals surface area contributed by atoms with E-state index in [9.17, 15) is 4.79 Å². The number of aryl methyl sites for hydroxylation is 1. The molecule has 1 aromatic heterocycles. The molecule has 1 aliphatic rings. The largest absolute Gasteiger partial charge is 0.311 e. The molecular weight excluding hydrogens is 284 g/mol. The van der Waals surface area contributed by atoms with Crippen molar-refractivity contribution in [2.75, 3.05) is 17.2 Å². The van der Waals surface area contributed by atoms with E-state index in [4.69, 9.17) is 0 Å². The van der Waals surface area contributed by atoms with E-state index < -0.39 is 0 Å². The summed E-state index contributed by atoms with van der Waals surface area (Å²) in [6.07, 6.45) is 2.86. The highest BCUT2D eigenvalue weighted by molar-refractivity contribution is 7.99. The molecule has 3 rings (SSSR count). The Kier molecular flexibility index (Phi) is 4.24. The second-order valence-electron chi connectivity index (χ2n) is 5.03. The highest BCUT2D eigenvalue weighted by atomic mass is 32.2. The molecule has 6 heteroatoms. The van der Waals surface area contributed by atoms with Crippen molar-refractivity contribution in [3.63, 3.8) is 0 Å². The summed E-state index contributed by atoms with van der Waals surface area (Å²) in [6.45, 7) is 2.87. The van der Waals surface area contributed by atoms with E-state index in [1.165, 1.54) is 17.3 Å². The van der Waals surface area contributed by atoms with Crippen molar-refractivity contribution in [3.05, 3.63) is 35.7 Å². The lowest BCUT2D eigenvalue weighted by atomic mass is 10.2. The molecular formula is C15H18N4OS. The van der Waals surface area contributed by atoms with E-state index in [2.05, 4.69) is 28.2 Å². The Morgan fingerprint density at radius 2 is 2.29 bits per heavy atom. The van der Waals surface area contributed by atoms with Crippen LogP contribution >= 0.6 is 11.8 Å². The molecule has 0 bridgehead atoms. The molecule has 0 saturated heterocycles. The number of amides is 1. The Balaban J connectivity index is 1.60. The van der Waals surface area contributed by atoms with Gasteiger partial charge in [0.1, 0.15) is 5.82 Å².